The van der Waals surface area contributed by atoms with Gasteiger partial charge >= 0.3 is 11.9 Å². The highest BCUT2D eigenvalue weighted by molar-refractivity contribution is 5.89. The first-order valence-electron chi connectivity index (χ1n) is 17.3. The summed E-state index contributed by atoms with van der Waals surface area (Å²) in [4.78, 5) is 38.6. The van der Waals surface area contributed by atoms with Crippen LogP contribution in [0.25, 0.3) is 0 Å². The van der Waals surface area contributed by atoms with E-state index in [2.05, 4.69) is 20.8 Å². The Morgan fingerprint density at radius 1 is 1.05 bits per heavy atom. The molecule has 0 N–H and O–H groups in total. The Labute approximate surface area is 263 Å². The van der Waals surface area contributed by atoms with Crippen molar-refractivity contribution in [1.82, 2.24) is 0 Å². The van der Waals surface area contributed by atoms with Gasteiger partial charge in [-0.1, -0.05) is 39.0 Å². The number of benzene rings is 1. The molecule has 6 rings (SSSR count). The van der Waals surface area contributed by atoms with Crippen LogP contribution in [0.3, 0.4) is 0 Å². The average Bonchev–Trinajstić information content (AvgIpc) is 3.39. The number of hydrogen-bond donors (Lipinski definition) is 0. The first-order valence-corrected chi connectivity index (χ1v) is 17.3. The second kappa shape index (κ2) is 12.9. The van der Waals surface area contributed by atoms with E-state index in [4.69, 9.17) is 18.9 Å². The molecule has 4 saturated carbocycles. The van der Waals surface area contributed by atoms with E-state index in [0.717, 1.165) is 64.4 Å². The maximum absolute atomic E-state index is 13.7. The van der Waals surface area contributed by atoms with E-state index >= 15 is 0 Å². The van der Waals surface area contributed by atoms with Crippen LogP contribution in [0.15, 0.2) is 30.3 Å². The van der Waals surface area contributed by atoms with E-state index in [0.29, 0.717) is 54.3 Å². The lowest BCUT2D eigenvalue weighted by Gasteiger charge is -2.64. The lowest BCUT2D eigenvalue weighted by molar-refractivity contribution is -0.258. The molecule has 1 aromatic carbocycles. The Kier molecular flexibility index (Phi) is 9.27. The highest BCUT2D eigenvalue weighted by atomic mass is 16.7. The van der Waals surface area contributed by atoms with Gasteiger partial charge in [-0.25, -0.2) is 4.79 Å². The molecule has 4 aliphatic carbocycles. The molecular weight excluding hydrogens is 556 g/mol. The fourth-order valence-corrected chi connectivity index (χ4v) is 10.6. The summed E-state index contributed by atoms with van der Waals surface area (Å²) in [6.07, 6.45) is 9.76. The fraction of sp³-hybridized carbons (Fsp3) is 0.757. The number of Topliss-reactive ketones (excluding diaryl/α,β-unsaturated/α-hetero) is 1. The number of hydrogen-bond acceptors (Lipinski definition) is 7. The minimum absolute atomic E-state index is 0.000814. The summed E-state index contributed by atoms with van der Waals surface area (Å²) in [7, 11) is 1.45. The number of rotatable bonds is 8. The highest BCUT2D eigenvalue weighted by Crippen LogP contribution is 2.69. The number of carbonyl (C=O) groups is 3. The van der Waals surface area contributed by atoms with Crippen LogP contribution in [0.1, 0.15) is 108 Å². The smallest absolute Gasteiger partial charge is 0.338 e. The van der Waals surface area contributed by atoms with Crippen molar-refractivity contribution in [3.05, 3.63) is 35.9 Å². The molecule has 0 spiro atoms. The predicted octanol–water partition coefficient (Wildman–Crippen LogP) is 7.16. The third-order valence-corrected chi connectivity index (χ3v) is 13.1. The van der Waals surface area contributed by atoms with Crippen molar-refractivity contribution in [1.29, 1.82) is 0 Å². The summed E-state index contributed by atoms with van der Waals surface area (Å²) in [5.74, 6) is 1.69. The summed E-state index contributed by atoms with van der Waals surface area (Å²) >= 11 is 0. The van der Waals surface area contributed by atoms with Gasteiger partial charge in [-0.05, 0) is 111 Å². The van der Waals surface area contributed by atoms with Gasteiger partial charge in [0.2, 0.25) is 0 Å². The van der Waals surface area contributed by atoms with Gasteiger partial charge in [-0.3, -0.25) is 9.59 Å². The van der Waals surface area contributed by atoms with Crippen LogP contribution in [-0.2, 0) is 28.5 Å². The summed E-state index contributed by atoms with van der Waals surface area (Å²) < 4.78 is 24.7. The van der Waals surface area contributed by atoms with E-state index in [-0.39, 0.29) is 53.1 Å². The van der Waals surface area contributed by atoms with Crippen molar-refractivity contribution in [3.8, 4) is 0 Å². The third-order valence-electron chi connectivity index (χ3n) is 13.1. The van der Waals surface area contributed by atoms with Gasteiger partial charge in [0.05, 0.1) is 18.8 Å². The minimum Gasteiger partial charge on any atom is -0.469 e. The Bertz CT molecular complexity index is 1190. The molecule has 5 fully saturated rings. The van der Waals surface area contributed by atoms with Gasteiger partial charge < -0.3 is 18.9 Å². The second-order valence-corrected chi connectivity index (χ2v) is 15.1. The maximum atomic E-state index is 13.7. The summed E-state index contributed by atoms with van der Waals surface area (Å²) in [5, 5.41) is 0. The Morgan fingerprint density at radius 2 is 1.84 bits per heavy atom. The monoisotopic (exact) mass is 608 g/mol. The Morgan fingerprint density at radius 3 is 2.57 bits per heavy atom. The number of ketones is 1. The number of methoxy groups -OCH3 is 1. The molecule has 242 valence electrons. The minimum atomic E-state index is -0.262. The van der Waals surface area contributed by atoms with E-state index in [9.17, 15) is 14.4 Å². The topological polar surface area (TPSA) is 88.1 Å². The van der Waals surface area contributed by atoms with Crippen molar-refractivity contribution in [2.45, 2.75) is 116 Å². The van der Waals surface area contributed by atoms with Crippen molar-refractivity contribution in [2.24, 2.45) is 46.3 Å². The van der Waals surface area contributed by atoms with E-state index in [1.807, 2.05) is 30.3 Å². The Hall–Kier alpha value is -2.25. The molecule has 1 saturated heterocycles. The number of ether oxygens (including phenoxy) is 4. The molecule has 0 bridgehead atoms. The van der Waals surface area contributed by atoms with E-state index in [1.54, 1.807) is 0 Å². The normalized spacial score (nSPS) is 40.7. The van der Waals surface area contributed by atoms with Gasteiger partial charge in [-0.2, -0.15) is 0 Å². The van der Waals surface area contributed by atoms with Gasteiger partial charge in [0.1, 0.15) is 11.9 Å². The zero-order valence-corrected chi connectivity index (χ0v) is 27.1. The molecular formula is C37H52O7. The molecule has 11 atom stereocenters. The van der Waals surface area contributed by atoms with Gasteiger partial charge in [-0.15, -0.1) is 0 Å². The molecule has 1 aromatic rings. The molecule has 0 aromatic heterocycles. The fourth-order valence-electron chi connectivity index (χ4n) is 10.6. The molecule has 1 aliphatic heterocycles. The van der Waals surface area contributed by atoms with Crippen LogP contribution < -0.4 is 0 Å². The molecule has 5 aliphatic rings. The lowest BCUT2D eigenvalue weighted by atomic mass is 9.43. The summed E-state index contributed by atoms with van der Waals surface area (Å²) in [6, 6.07) is 9.34. The number of fused-ring (bicyclic) bond motifs is 5. The zero-order chi connectivity index (χ0) is 31.1. The van der Waals surface area contributed by atoms with Crippen LogP contribution in [0.5, 0.6) is 0 Å². The Balaban J connectivity index is 1.37. The van der Waals surface area contributed by atoms with Gasteiger partial charge in [0.25, 0.3) is 0 Å². The summed E-state index contributed by atoms with van der Waals surface area (Å²) in [5.41, 5.74) is 0.318. The van der Waals surface area contributed by atoms with Crippen molar-refractivity contribution >= 4 is 17.7 Å². The number of esters is 2. The van der Waals surface area contributed by atoms with Crippen LogP contribution >= 0.6 is 0 Å². The van der Waals surface area contributed by atoms with Gasteiger partial charge in [0, 0.05) is 31.3 Å². The van der Waals surface area contributed by atoms with E-state index in [1.165, 1.54) is 7.11 Å². The van der Waals surface area contributed by atoms with Crippen molar-refractivity contribution in [3.63, 3.8) is 0 Å². The molecule has 0 radical (unpaired) electrons. The van der Waals surface area contributed by atoms with Crippen LogP contribution in [0.2, 0.25) is 0 Å². The largest absolute Gasteiger partial charge is 0.469 e. The molecule has 7 nitrogen and oxygen atoms in total. The lowest BCUT2D eigenvalue weighted by Crippen LogP contribution is -2.63. The van der Waals surface area contributed by atoms with Crippen molar-refractivity contribution in [2.75, 3.05) is 13.7 Å². The van der Waals surface area contributed by atoms with Crippen LogP contribution in [0.4, 0.5) is 0 Å². The highest BCUT2D eigenvalue weighted by Gasteiger charge is 2.67. The maximum Gasteiger partial charge on any atom is 0.338 e. The second-order valence-electron chi connectivity index (χ2n) is 15.1. The predicted molar refractivity (Wildman–Crippen MR) is 166 cm³/mol. The standard InChI is InChI=1S/C37H52O7/c1-23(13-16-32(39)41-4)27-14-15-28-34-29(22-31(37(27,28)3)44-35(40)24-10-6-5-7-11-24)36(2)18-17-26(38)20-25(36)21-30(34)43-33-12-8-9-19-42-33/h5-7,10-11,23,25,27-31,33-34H,8-9,12-22H2,1-4H3/t23?,25?,27?,28?,29?,30-,31+,33?,34?,36?,37-/m1/s1. The quantitative estimate of drug-likeness (QED) is 0.229. The van der Waals surface area contributed by atoms with E-state index < -0.39 is 0 Å². The first kappa shape index (κ1) is 31.7. The van der Waals surface area contributed by atoms with Crippen LogP contribution in [0, 0.1) is 46.3 Å². The van der Waals surface area contributed by atoms with Gasteiger partial charge in [0.15, 0.2) is 6.29 Å². The van der Waals surface area contributed by atoms with Crippen LogP contribution in [-0.4, -0.2) is 49.9 Å². The summed E-state index contributed by atoms with van der Waals surface area (Å²) in [6.45, 7) is 7.79. The third kappa shape index (κ3) is 5.77. The SMILES string of the molecule is COC(=O)CCC(C)C1CCC2C3C(C[C@H](OC(=O)c4ccccc4)[C@]12C)C1(C)CCC(=O)CC1C[C@H]3OC1CCCCO1. The van der Waals surface area contributed by atoms with Crippen molar-refractivity contribution < 1.29 is 33.3 Å². The molecule has 7 heteroatoms. The molecule has 8 unspecified atom stereocenters. The molecule has 1 heterocycles. The first-order chi connectivity index (χ1) is 21.1. The molecule has 44 heavy (non-hydrogen) atoms. The zero-order valence-electron chi connectivity index (χ0n) is 27.1. The number of carbonyl (C=O) groups excluding carboxylic acids is 3. The molecule has 0 amide bonds. The average molecular weight is 609 g/mol.